The van der Waals surface area contributed by atoms with Gasteiger partial charge in [0.15, 0.2) is 0 Å². The van der Waals surface area contributed by atoms with Crippen LogP contribution in [0.25, 0.3) is 110 Å². The van der Waals surface area contributed by atoms with Crippen LogP contribution in [0.1, 0.15) is 0 Å². The van der Waals surface area contributed by atoms with Crippen molar-refractivity contribution in [3.05, 3.63) is 231 Å². The standard InChI is InChI=1S/C58H38/c1-3-16-39(17-4-1)43-21-15-22-44(36-43)48-35-34-46(58-53-28-13-11-26-51(53)57(42-18-5-2-6-19-42)52-27-12-14-29-54(52)58)38-55(48)40-30-32-41(33-31-40)56-37-45-20-7-8-23-47(45)49-24-9-10-25-50(49)56/h1-38H. The molecule has 0 saturated carbocycles. The lowest BCUT2D eigenvalue weighted by atomic mass is 9.84. The maximum Gasteiger partial charge on any atom is -0.00261 e. The van der Waals surface area contributed by atoms with Gasteiger partial charge in [-0.2, -0.15) is 0 Å². The molecule has 0 aliphatic heterocycles. The lowest BCUT2D eigenvalue weighted by molar-refractivity contribution is 1.56. The zero-order valence-electron chi connectivity index (χ0n) is 31.9. The summed E-state index contributed by atoms with van der Waals surface area (Å²) < 4.78 is 0. The number of hydrogen-bond acceptors (Lipinski definition) is 0. The van der Waals surface area contributed by atoms with Crippen molar-refractivity contribution in [1.29, 1.82) is 0 Å². The van der Waals surface area contributed by atoms with Crippen LogP contribution in [0.15, 0.2) is 231 Å². The Morgan fingerprint density at radius 2 is 0.621 bits per heavy atom. The van der Waals surface area contributed by atoms with Gasteiger partial charge in [-0.25, -0.2) is 0 Å². The minimum atomic E-state index is 1.19. The summed E-state index contributed by atoms with van der Waals surface area (Å²) in [6, 6.07) is 84.6. The van der Waals surface area contributed by atoms with Crippen molar-refractivity contribution in [2.45, 2.75) is 0 Å². The molecule has 0 saturated heterocycles. The summed E-state index contributed by atoms with van der Waals surface area (Å²) in [7, 11) is 0. The Morgan fingerprint density at radius 3 is 1.26 bits per heavy atom. The molecule has 11 aromatic rings. The van der Waals surface area contributed by atoms with E-state index in [9.17, 15) is 0 Å². The molecule has 0 radical (unpaired) electrons. The van der Waals surface area contributed by atoms with Crippen LogP contribution in [0.4, 0.5) is 0 Å². The van der Waals surface area contributed by atoms with E-state index in [1.807, 2.05) is 0 Å². The van der Waals surface area contributed by atoms with Gasteiger partial charge < -0.3 is 0 Å². The van der Waals surface area contributed by atoms with Crippen molar-refractivity contribution in [1.82, 2.24) is 0 Å². The number of rotatable bonds is 6. The summed E-state index contributed by atoms with van der Waals surface area (Å²) in [5.74, 6) is 0. The molecule has 0 heteroatoms. The first-order valence-corrected chi connectivity index (χ1v) is 20.1. The molecule has 0 fully saturated rings. The van der Waals surface area contributed by atoms with Gasteiger partial charge in [-0.1, -0.05) is 212 Å². The predicted octanol–water partition coefficient (Wildman–Crippen LogP) is 16.3. The van der Waals surface area contributed by atoms with Gasteiger partial charge >= 0.3 is 0 Å². The third-order valence-electron chi connectivity index (χ3n) is 11.9. The van der Waals surface area contributed by atoms with E-state index in [4.69, 9.17) is 0 Å². The van der Waals surface area contributed by atoms with E-state index >= 15 is 0 Å². The normalized spacial score (nSPS) is 11.4. The SMILES string of the molecule is c1ccc(-c2cccc(-c3ccc(-c4c5ccccc5c(-c5ccccc5)c5ccccc45)cc3-c3ccc(-c4cc5ccccc5c5ccccc45)cc3)c2)cc1. The van der Waals surface area contributed by atoms with Crippen LogP contribution in [0.3, 0.4) is 0 Å². The zero-order chi connectivity index (χ0) is 38.4. The molecule has 0 aliphatic rings. The topological polar surface area (TPSA) is 0 Å². The average Bonchev–Trinajstić information content (AvgIpc) is 3.31. The van der Waals surface area contributed by atoms with Crippen LogP contribution in [0, 0.1) is 0 Å². The molecule has 0 atom stereocenters. The third kappa shape index (κ3) is 5.78. The second-order valence-corrected chi connectivity index (χ2v) is 15.2. The fraction of sp³-hybridized carbons (Fsp3) is 0. The Kier molecular flexibility index (Phi) is 8.26. The minimum absolute atomic E-state index is 1.19. The van der Waals surface area contributed by atoms with Gasteiger partial charge in [0.25, 0.3) is 0 Å². The summed E-state index contributed by atoms with van der Waals surface area (Å²) in [5, 5.41) is 10.1. The Balaban J connectivity index is 1.13. The summed E-state index contributed by atoms with van der Waals surface area (Å²) in [4.78, 5) is 0. The van der Waals surface area contributed by atoms with Crippen molar-refractivity contribution >= 4 is 43.1 Å². The van der Waals surface area contributed by atoms with E-state index in [0.717, 1.165) is 0 Å². The maximum absolute atomic E-state index is 2.43. The molecule has 0 N–H and O–H groups in total. The number of benzene rings is 11. The molecular weight excluding hydrogens is 697 g/mol. The molecule has 11 rings (SSSR count). The molecule has 270 valence electrons. The van der Waals surface area contributed by atoms with Crippen LogP contribution in [0.2, 0.25) is 0 Å². The van der Waals surface area contributed by atoms with Gasteiger partial charge in [-0.15, -0.1) is 0 Å². The average molecular weight is 735 g/mol. The second-order valence-electron chi connectivity index (χ2n) is 15.2. The van der Waals surface area contributed by atoms with E-state index in [-0.39, 0.29) is 0 Å². The van der Waals surface area contributed by atoms with Gasteiger partial charge in [0, 0.05) is 0 Å². The van der Waals surface area contributed by atoms with Crippen LogP contribution in [-0.2, 0) is 0 Å². The van der Waals surface area contributed by atoms with E-state index < -0.39 is 0 Å². The first kappa shape index (κ1) is 33.8. The maximum atomic E-state index is 2.43. The quantitative estimate of drug-likeness (QED) is 0.118. The smallest absolute Gasteiger partial charge is 0.00261 e. The monoisotopic (exact) mass is 734 g/mol. The molecule has 0 aliphatic carbocycles. The van der Waals surface area contributed by atoms with Crippen LogP contribution in [0.5, 0.6) is 0 Å². The molecule has 0 heterocycles. The van der Waals surface area contributed by atoms with Crippen LogP contribution >= 0.6 is 0 Å². The van der Waals surface area contributed by atoms with E-state index in [2.05, 4.69) is 231 Å². The van der Waals surface area contributed by atoms with Crippen LogP contribution in [-0.4, -0.2) is 0 Å². The molecule has 0 amide bonds. The van der Waals surface area contributed by atoms with Crippen molar-refractivity contribution in [2.75, 3.05) is 0 Å². The molecular formula is C58H38. The summed E-state index contributed by atoms with van der Waals surface area (Å²) in [5.41, 5.74) is 14.7. The van der Waals surface area contributed by atoms with E-state index in [1.54, 1.807) is 0 Å². The lowest BCUT2D eigenvalue weighted by Crippen LogP contribution is -1.93. The van der Waals surface area contributed by atoms with E-state index in [1.165, 1.54) is 110 Å². The van der Waals surface area contributed by atoms with Gasteiger partial charge in [-0.3, -0.25) is 0 Å². The highest BCUT2D eigenvalue weighted by atomic mass is 14.2. The fourth-order valence-corrected chi connectivity index (χ4v) is 9.16. The zero-order valence-corrected chi connectivity index (χ0v) is 31.9. The highest BCUT2D eigenvalue weighted by Gasteiger charge is 2.19. The predicted molar refractivity (Wildman–Crippen MR) is 249 cm³/mol. The number of fused-ring (bicyclic) bond motifs is 5. The van der Waals surface area contributed by atoms with Gasteiger partial charge in [-0.05, 0) is 128 Å². The summed E-state index contributed by atoms with van der Waals surface area (Å²) in [6.07, 6.45) is 0. The van der Waals surface area contributed by atoms with Crippen molar-refractivity contribution in [3.8, 4) is 66.8 Å². The van der Waals surface area contributed by atoms with Crippen molar-refractivity contribution in [3.63, 3.8) is 0 Å². The molecule has 0 unspecified atom stereocenters. The molecule has 58 heavy (non-hydrogen) atoms. The highest BCUT2D eigenvalue weighted by Crippen LogP contribution is 2.46. The Labute approximate surface area is 339 Å². The lowest BCUT2D eigenvalue weighted by Gasteiger charge is -2.19. The van der Waals surface area contributed by atoms with Crippen LogP contribution < -0.4 is 0 Å². The van der Waals surface area contributed by atoms with Crippen molar-refractivity contribution < 1.29 is 0 Å². The summed E-state index contributed by atoms with van der Waals surface area (Å²) in [6.45, 7) is 0. The molecule has 0 aromatic heterocycles. The first-order valence-electron chi connectivity index (χ1n) is 20.1. The molecule has 11 aromatic carbocycles. The second kappa shape index (κ2) is 14.2. The Morgan fingerprint density at radius 1 is 0.172 bits per heavy atom. The number of hydrogen-bond donors (Lipinski definition) is 0. The Bertz CT molecular complexity index is 3240. The first-order chi connectivity index (χ1) is 28.8. The highest BCUT2D eigenvalue weighted by molar-refractivity contribution is 6.21. The van der Waals surface area contributed by atoms with Gasteiger partial charge in [0.2, 0.25) is 0 Å². The van der Waals surface area contributed by atoms with Gasteiger partial charge in [0.1, 0.15) is 0 Å². The fourth-order valence-electron chi connectivity index (χ4n) is 9.16. The summed E-state index contributed by atoms with van der Waals surface area (Å²) >= 11 is 0. The Hall–Kier alpha value is -7.54. The van der Waals surface area contributed by atoms with Gasteiger partial charge in [0.05, 0.1) is 0 Å². The molecule has 0 bridgehead atoms. The minimum Gasteiger partial charge on any atom is -0.0622 e. The molecule has 0 spiro atoms. The van der Waals surface area contributed by atoms with Crippen molar-refractivity contribution in [2.24, 2.45) is 0 Å². The largest absolute Gasteiger partial charge is 0.0622 e. The molecule has 0 nitrogen and oxygen atoms in total. The third-order valence-corrected chi connectivity index (χ3v) is 11.9. The van der Waals surface area contributed by atoms with E-state index in [0.29, 0.717) is 0 Å².